The van der Waals surface area contributed by atoms with Crippen molar-refractivity contribution in [2.45, 2.75) is 32.7 Å². The molecule has 6 heteroatoms. The van der Waals surface area contributed by atoms with Crippen molar-refractivity contribution in [3.8, 4) is 0 Å². The number of hydrogen-bond acceptors (Lipinski definition) is 4. The Morgan fingerprint density at radius 2 is 2.19 bits per heavy atom. The molecule has 1 aliphatic rings. The van der Waals surface area contributed by atoms with Crippen LogP contribution in [0.25, 0.3) is 11.2 Å². The first kappa shape index (κ1) is 16.7. The van der Waals surface area contributed by atoms with E-state index in [1.165, 1.54) is 12.8 Å². The zero-order valence-corrected chi connectivity index (χ0v) is 15.0. The molecule has 0 radical (unpaired) electrons. The summed E-state index contributed by atoms with van der Waals surface area (Å²) in [4.78, 5) is 28.0. The molecule has 0 bridgehead atoms. The van der Waals surface area contributed by atoms with Crippen molar-refractivity contribution in [1.82, 2.24) is 24.4 Å². The number of amides is 1. The van der Waals surface area contributed by atoms with E-state index >= 15 is 0 Å². The van der Waals surface area contributed by atoms with Crippen LogP contribution in [-0.4, -0.2) is 43.4 Å². The van der Waals surface area contributed by atoms with Gasteiger partial charge in [0.05, 0.1) is 18.4 Å². The molecule has 3 aromatic rings. The van der Waals surface area contributed by atoms with Crippen LogP contribution in [0.3, 0.4) is 0 Å². The minimum Gasteiger partial charge on any atom is -0.338 e. The van der Waals surface area contributed by atoms with Gasteiger partial charge in [0.1, 0.15) is 5.52 Å². The van der Waals surface area contributed by atoms with Gasteiger partial charge < -0.3 is 9.47 Å². The molecule has 1 aliphatic carbocycles. The van der Waals surface area contributed by atoms with Crippen LogP contribution in [0.1, 0.15) is 42.1 Å². The number of carbonyl (C=O) groups is 1. The van der Waals surface area contributed by atoms with Gasteiger partial charge in [0, 0.05) is 31.7 Å². The molecule has 3 heterocycles. The Labute approximate surface area is 152 Å². The highest BCUT2D eigenvalue weighted by Crippen LogP contribution is 2.30. The smallest absolute Gasteiger partial charge is 0.255 e. The molecule has 1 saturated carbocycles. The molecule has 0 atom stereocenters. The van der Waals surface area contributed by atoms with E-state index in [-0.39, 0.29) is 5.91 Å². The fourth-order valence-corrected chi connectivity index (χ4v) is 3.21. The summed E-state index contributed by atoms with van der Waals surface area (Å²) in [7, 11) is 0. The van der Waals surface area contributed by atoms with E-state index in [4.69, 9.17) is 0 Å². The number of hydrogen-bond donors (Lipinski definition) is 0. The molecule has 0 N–H and O–H groups in total. The Bertz CT molecular complexity index is 901. The molecule has 3 aromatic heterocycles. The second kappa shape index (κ2) is 7.23. The van der Waals surface area contributed by atoms with Crippen LogP contribution >= 0.6 is 0 Å². The number of imidazole rings is 1. The van der Waals surface area contributed by atoms with Gasteiger partial charge in [0.15, 0.2) is 5.65 Å². The lowest BCUT2D eigenvalue weighted by Gasteiger charge is -2.22. The molecule has 1 amide bonds. The van der Waals surface area contributed by atoms with E-state index in [9.17, 15) is 4.79 Å². The summed E-state index contributed by atoms with van der Waals surface area (Å²) in [6, 6.07) is 5.80. The fourth-order valence-electron chi connectivity index (χ4n) is 3.21. The zero-order chi connectivity index (χ0) is 17.9. The molecule has 0 saturated heterocycles. The SMILES string of the molecule is CCCN(CC1CC1)C(=O)c1cnc2c(c1)ncn2Cc1cccnc1. The second-order valence-corrected chi connectivity index (χ2v) is 7.00. The normalized spacial score (nSPS) is 13.9. The van der Waals surface area contributed by atoms with E-state index in [1.54, 1.807) is 18.7 Å². The molecule has 134 valence electrons. The summed E-state index contributed by atoms with van der Waals surface area (Å²) in [5.41, 5.74) is 3.25. The Kier molecular flexibility index (Phi) is 4.65. The summed E-state index contributed by atoms with van der Waals surface area (Å²) in [6.07, 6.45) is 10.5. The molecule has 6 nitrogen and oxygen atoms in total. The highest BCUT2D eigenvalue weighted by Gasteiger charge is 2.27. The average molecular weight is 349 g/mol. The van der Waals surface area contributed by atoms with Crippen LogP contribution in [0.5, 0.6) is 0 Å². The molecular weight excluding hydrogens is 326 g/mol. The van der Waals surface area contributed by atoms with Gasteiger partial charge >= 0.3 is 0 Å². The van der Waals surface area contributed by atoms with Crippen LogP contribution in [-0.2, 0) is 6.54 Å². The predicted octanol–water partition coefficient (Wildman–Crippen LogP) is 3.14. The van der Waals surface area contributed by atoms with E-state index in [1.807, 2.05) is 33.9 Å². The van der Waals surface area contributed by atoms with Gasteiger partial charge in [0.2, 0.25) is 0 Å². The van der Waals surface area contributed by atoms with Gasteiger partial charge in [-0.1, -0.05) is 13.0 Å². The highest BCUT2D eigenvalue weighted by molar-refractivity contribution is 5.96. The Hall–Kier alpha value is -2.76. The van der Waals surface area contributed by atoms with Crippen molar-refractivity contribution >= 4 is 17.1 Å². The molecular formula is C20H23N5O. The summed E-state index contributed by atoms with van der Waals surface area (Å²) in [6.45, 7) is 4.42. The first-order chi connectivity index (χ1) is 12.7. The topological polar surface area (TPSA) is 63.9 Å². The monoisotopic (exact) mass is 349 g/mol. The number of carbonyl (C=O) groups excluding carboxylic acids is 1. The van der Waals surface area contributed by atoms with E-state index in [0.717, 1.165) is 36.2 Å². The number of nitrogens with zero attached hydrogens (tertiary/aromatic N) is 5. The molecule has 0 aliphatic heterocycles. The summed E-state index contributed by atoms with van der Waals surface area (Å²) in [5, 5.41) is 0. The lowest BCUT2D eigenvalue weighted by Crippen LogP contribution is -2.33. The third-order valence-electron chi connectivity index (χ3n) is 4.73. The van der Waals surface area contributed by atoms with Crippen LogP contribution in [0.4, 0.5) is 0 Å². The second-order valence-electron chi connectivity index (χ2n) is 7.00. The number of aromatic nitrogens is 4. The van der Waals surface area contributed by atoms with Crippen molar-refractivity contribution in [3.05, 3.63) is 54.2 Å². The fraction of sp³-hybridized carbons (Fsp3) is 0.400. The number of rotatable bonds is 7. The van der Waals surface area contributed by atoms with Crippen molar-refractivity contribution in [2.75, 3.05) is 13.1 Å². The minimum absolute atomic E-state index is 0.0648. The Morgan fingerprint density at radius 3 is 2.92 bits per heavy atom. The van der Waals surface area contributed by atoms with Gasteiger partial charge in [-0.3, -0.25) is 9.78 Å². The van der Waals surface area contributed by atoms with Crippen molar-refractivity contribution in [1.29, 1.82) is 0 Å². The van der Waals surface area contributed by atoms with E-state index < -0.39 is 0 Å². The summed E-state index contributed by atoms with van der Waals surface area (Å²) < 4.78 is 1.98. The largest absolute Gasteiger partial charge is 0.338 e. The lowest BCUT2D eigenvalue weighted by molar-refractivity contribution is 0.0747. The van der Waals surface area contributed by atoms with Crippen LogP contribution in [0.2, 0.25) is 0 Å². The van der Waals surface area contributed by atoms with Gasteiger partial charge in [-0.05, 0) is 42.9 Å². The molecule has 1 fully saturated rings. The van der Waals surface area contributed by atoms with Gasteiger partial charge in [0.25, 0.3) is 5.91 Å². The molecule has 4 rings (SSSR count). The van der Waals surface area contributed by atoms with Gasteiger partial charge in [-0.2, -0.15) is 0 Å². The van der Waals surface area contributed by atoms with Crippen LogP contribution < -0.4 is 0 Å². The predicted molar refractivity (Wildman–Crippen MR) is 99.8 cm³/mol. The third-order valence-corrected chi connectivity index (χ3v) is 4.73. The third kappa shape index (κ3) is 3.59. The molecule has 26 heavy (non-hydrogen) atoms. The maximum absolute atomic E-state index is 12.9. The van der Waals surface area contributed by atoms with Crippen LogP contribution in [0, 0.1) is 5.92 Å². The van der Waals surface area contributed by atoms with Crippen LogP contribution in [0.15, 0.2) is 43.1 Å². The number of pyridine rings is 2. The van der Waals surface area contributed by atoms with Crippen molar-refractivity contribution < 1.29 is 4.79 Å². The quantitative estimate of drug-likeness (QED) is 0.657. The standard InChI is InChI=1S/C20H23N5O/c1-2-8-24(12-15-5-6-15)20(26)17-9-18-19(22-11-17)25(14-23-18)13-16-4-3-7-21-10-16/h3-4,7,9-11,14-15H,2,5-6,8,12-13H2,1H3. The summed E-state index contributed by atoms with van der Waals surface area (Å²) >= 11 is 0. The van der Waals surface area contributed by atoms with Gasteiger partial charge in [-0.25, -0.2) is 9.97 Å². The average Bonchev–Trinajstić information content (AvgIpc) is 3.41. The summed E-state index contributed by atoms with van der Waals surface area (Å²) in [5.74, 6) is 0.746. The van der Waals surface area contributed by atoms with Crippen molar-refractivity contribution in [2.24, 2.45) is 5.92 Å². The van der Waals surface area contributed by atoms with Crippen molar-refractivity contribution in [3.63, 3.8) is 0 Å². The number of fused-ring (bicyclic) bond motifs is 1. The first-order valence-corrected chi connectivity index (χ1v) is 9.23. The van der Waals surface area contributed by atoms with Gasteiger partial charge in [-0.15, -0.1) is 0 Å². The lowest BCUT2D eigenvalue weighted by atomic mass is 10.2. The highest BCUT2D eigenvalue weighted by atomic mass is 16.2. The maximum Gasteiger partial charge on any atom is 0.255 e. The van der Waals surface area contributed by atoms with E-state index in [2.05, 4.69) is 21.9 Å². The minimum atomic E-state index is 0.0648. The maximum atomic E-state index is 12.9. The zero-order valence-electron chi connectivity index (χ0n) is 15.0. The Morgan fingerprint density at radius 1 is 1.31 bits per heavy atom. The first-order valence-electron chi connectivity index (χ1n) is 9.23. The molecule has 0 unspecified atom stereocenters. The van der Waals surface area contributed by atoms with E-state index in [0.29, 0.717) is 18.0 Å². The molecule has 0 aromatic carbocycles. The molecule has 0 spiro atoms. The Balaban J connectivity index is 1.56.